The van der Waals surface area contributed by atoms with Gasteiger partial charge in [0.1, 0.15) is 0 Å². The van der Waals surface area contributed by atoms with E-state index in [1.165, 1.54) is 21.5 Å². The van der Waals surface area contributed by atoms with Crippen LogP contribution in [0, 0.1) is 17.9 Å². The Bertz CT molecular complexity index is 3690. The molecule has 0 N–H and O–H groups in total. The Labute approximate surface area is 367 Å². The van der Waals surface area contributed by atoms with Crippen LogP contribution >= 0.6 is 0 Å². The van der Waals surface area contributed by atoms with Crippen LogP contribution in [0.3, 0.4) is 0 Å². The van der Waals surface area contributed by atoms with Gasteiger partial charge < -0.3 is 18.3 Å². The summed E-state index contributed by atoms with van der Waals surface area (Å²) in [7, 11) is 0. The Kier molecular flexibility index (Phi) is 7.76. The Morgan fingerprint density at radius 3 is 0.906 bits per heavy atom. The first-order valence-corrected chi connectivity index (χ1v) is 21.6. The first kappa shape index (κ1) is 35.9. The number of benzene rings is 9. The first-order valence-electron chi connectivity index (χ1n) is 21.6. The second-order valence-corrected chi connectivity index (χ2v) is 16.6. The van der Waals surface area contributed by atoms with E-state index < -0.39 is 0 Å². The van der Waals surface area contributed by atoms with Crippen molar-refractivity contribution in [3.05, 3.63) is 222 Å². The van der Waals surface area contributed by atoms with Crippen molar-refractivity contribution in [1.82, 2.24) is 18.3 Å². The van der Waals surface area contributed by atoms with Crippen molar-refractivity contribution in [2.45, 2.75) is 13.1 Å². The van der Waals surface area contributed by atoms with E-state index in [9.17, 15) is 11.8 Å². The molecule has 0 aliphatic heterocycles. The summed E-state index contributed by atoms with van der Waals surface area (Å²) < 4.78 is 9.38. The van der Waals surface area contributed by atoms with E-state index in [0.717, 1.165) is 88.2 Å². The predicted molar refractivity (Wildman–Crippen MR) is 263 cm³/mol. The molecule has 0 aliphatic rings. The zero-order valence-corrected chi connectivity index (χ0v) is 34.6. The molecule has 13 rings (SSSR count). The van der Waals surface area contributed by atoms with E-state index in [4.69, 9.17) is 0 Å². The predicted octanol–water partition coefficient (Wildman–Crippen LogP) is 14.6. The number of hydrogen-bond acceptors (Lipinski definition) is 1. The maximum absolute atomic E-state index is 11.8. The largest absolute Gasteiger partial charge is 0.336 e. The van der Waals surface area contributed by atoms with E-state index in [1.54, 1.807) is 0 Å². The molecule has 298 valence electrons. The van der Waals surface area contributed by atoms with Crippen LogP contribution in [0.4, 0.5) is 5.69 Å². The molecule has 0 spiro atoms. The fourth-order valence-corrected chi connectivity index (χ4v) is 10.8. The standard InChI is InChI=1S/C58H36N6/c1-60-56-45(34-59)57(63-52-30-14-6-22-41(52)42-23-7-15-31-53(42)63)46(35-61-48-26-10-2-18-37(48)38-19-3-11-27-49(38)61)47(36-62-50-28-12-4-20-39(50)40-21-5-13-29-51(40)62)58(56)64-54-32-16-8-24-43(54)44-25-9-17-33-55(44)64/h2-33H,35-36H2. The third-order valence-corrected chi connectivity index (χ3v) is 13.5. The molecule has 0 unspecified atom stereocenters. The van der Waals surface area contributed by atoms with E-state index in [1.807, 2.05) is 0 Å². The lowest BCUT2D eigenvalue weighted by atomic mass is 9.94. The lowest BCUT2D eigenvalue weighted by molar-refractivity contribution is 0.797. The quantitative estimate of drug-likeness (QED) is 0.154. The highest BCUT2D eigenvalue weighted by Gasteiger charge is 2.31. The van der Waals surface area contributed by atoms with Crippen LogP contribution in [0.5, 0.6) is 0 Å². The summed E-state index contributed by atoms with van der Waals surface area (Å²) in [5.41, 5.74) is 12.4. The highest BCUT2D eigenvalue weighted by atomic mass is 15.1. The molecule has 0 bridgehead atoms. The number of hydrogen-bond donors (Lipinski definition) is 0. The van der Waals surface area contributed by atoms with Crippen molar-refractivity contribution < 1.29 is 0 Å². The van der Waals surface area contributed by atoms with Crippen LogP contribution in [0.2, 0.25) is 0 Å². The lowest BCUT2D eigenvalue weighted by Gasteiger charge is -2.27. The molecule has 64 heavy (non-hydrogen) atoms. The summed E-state index contributed by atoms with van der Waals surface area (Å²) in [4.78, 5) is 4.47. The number of fused-ring (bicyclic) bond motifs is 12. The second-order valence-electron chi connectivity index (χ2n) is 16.6. The molecule has 0 radical (unpaired) electrons. The number of para-hydroxylation sites is 8. The molecule has 0 atom stereocenters. The summed E-state index contributed by atoms with van der Waals surface area (Å²) >= 11 is 0. The van der Waals surface area contributed by atoms with Gasteiger partial charge in [-0.05, 0) is 54.1 Å². The average Bonchev–Trinajstić information content (AvgIpc) is 4.07. The highest BCUT2D eigenvalue weighted by molar-refractivity contribution is 6.13. The van der Waals surface area contributed by atoms with Gasteiger partial charge in [-0.25, -0.2) is 4.85 Å². The monoisotopic (exact) mass is 816 g/mol. The molecular formula is C58H36N6. The number of aromatic nitrogens is 4. The molecular weight excluding hydrogens is 781 g/mol. The Balaban J connectivity index is 1.28. The maximum Gasteiger partial charge on any atom is 0.230 e. The van der Waals surface area contributed by atoms with Crippen LogP contribution in [-0.4, -0.2) is 18.3 Å². The van der Waals surface area contributed by atoms with Crippen molar-refractivity contribution >= 4 is 92.9 Å². The second kappa shape index (κ2) is 13.8. The fraction of sp³-hybridized carbons (Fsp3) is 0.0345. The van der Waals surface area contributed by atoms with Gasteiger partial charge in [0.25, 0.3) is 0 Å². The van der Waals surface area contributed by atoms with Crippen LogP contribution < -0.4 is 0 Å². The molecule has 0 saturated heterocycles. The number of nitrogens with zero attached hydrogens (tertiary/aromatic N) is 6. The lowest BCUT2D eigenvalue weighted by Crippen LogP contribution is -2.16. The highest BCUT2D eigenvalue weighted by Crippen LogP contribution is 2.47. The molecule has 9 aromatic carbocycles. The van der Waals surface area contributed by atoms with Crippen LogP contribution in [-0.2, 0) is 13.1 Å². The van der Waals surface area contributed by atoms with E-state index >= 15 is 0 Å². The SMILES string of the molecule is [C-]#[N+]c1c(C#N)c(-n2c3ccccc3c3ccccc32)c(Cn2c3ccccc3c3ccccc32)c(Cn2c3ccccc3c3ccccc32)c1-n1c2ccccc2c2ccccc21. The van der Waals surface area contributed by atoms with Crippen LogP contribution in [0.1, 0.15) is 16.7 Å². The molecule has 4 aromatic heterocycles. The van der Waals surface area contributed by atoms with Gasteiger partial charge in [0.05, 0.1) is 58.2 Å². The fourth-order valence-electron chi connectivity index (χ4n) is 10.8. The van der Waals surface area contributed by atoms with Crippen molar-refractivity contribution in [3.8, 4) is 17.4 Å². The molecule has 0 fully saturated rings. The van der Waals surface area contributed by atoms with Gasteiger partial charge in [-0.2, -0.15) is 5.26 Å². The zero-order valence-electron chi connectivity index (χ0n) is 34.6. The van der Waals surface area contributed by atoms with E-state index in [0.29, 0.717) is 24.3 Å². The third kappa shape index (κ3) is 4.94. The molecule has 0 saturated carbocycles. The van der Waals surface area contributed by atoms with E-state index in [2.05, 4.69) is 223 Å². The Morgan fingerprint density at radius 2 is 0.609 bits per heavy atom. The Morgan fingerprint density at radius 1 is 0.359 bits per heavy atom. The molecule has 13 aromatic rings. The van der Waals surface area contributed by atoms with Gasteiger partial charge in [0.15, 0.2) is 0 Å². The molecule has 4 heterocycles. The number of nitriles is 1. The minimum absolute atomic E-state index is 0.326. The summed E-state index contributed by atoms with van der Waals surface area (Å²) in [6.45, 7) is 10.1. The molecule has 6 heteroatoms. The summed E-state index contributed by atoms with van der Waals surface area (Å²) in [5, 5.41) is 20.8. The normalized spacial score (nSPS) is 11.8. The minimum Gasteiger partial charge on any atom is -0.336 e. The van der Waals surface area contributed by atoms with Gasteiger partial charge >= 0.3 is 0 Å². The van der Waals surface area contributed by atoms with Gasteiger partial charge in [0.2, 0.25) is 5.69 Å². The zero-order chi connectivity index (χ0) is 42.5. The van der Waals surface area contributed by atoms with Gasteiger partial charge in [-0.15, -0.1) is 0 Å². The van der Waals surface area contributed by atoms with E-state index in [-0.39, 0.29) is 0 Å². The van der Waals surface area contributed by atoms with Crippen molar-refractivity contribution in [1.29, 1.82) is 5.26 Å². The third-order valence-electron chi connectivity index (χ3n) is 13.5. The molecule has 0 amide bonds. The summed E-state index contributed by atoms with van der Waals surface area (Å²) in [5.74, 6) is 0. The maximum atomic E-state index is 11.8. The Hall–Kier alpha value is -8.84. The van der Waals surface area contributed by atoms with Gasteiger partial charge in [-0.1, -0.05) is 146 Å². The van der Waals surface area contributed by atoms with Crippen molar-refractivity contribution in [2.75, 3.05) is 0 Å². The minimum atomic E-state index is 0.326. The molecule has 6 nitrogen and oxygen atoms in total. The molecule has 0 aliphatic carbocycles. The van der Waals surface area contributed by atoms with Crippen LogP contribution in [0.25, 0.3) is 103 Å². The van der Waals surface area contributed by atoms with Gasteiger partial charge in [0, 0.05) is 77.3 Å². The summed E-state index contributed by atoms with van der Waals surface area (Å²) in [6, 6.07) is 71.0. The van der Waals surface area contributed by atoms with Crippen molar-refractivity contribution in [3.63, 3.8) is 0 Å². The average molecular weight is 817 g/mol. The topological polar surface area (TPSA) is 47.9 Å². The first-order chi connectivity index (χ1) is 31.7. The van der Waals surface area contributed by atoms with Crippen LogP contribution in [0.15, 0.2) is 194 Å². The van der Waals surface area contributed by atoms with Gasteiger partial charge in [-0.3, -0.25) is 0 Å². The van der Waals surface area contributed by atoms with Crippen molar-refractivity contribution in [2.24, 2.45) is 0 Å². The number of rotatable bonds is 6. The smallest absolute Gasteiger partial charge is 0.230 e. The summed E-state index contributed by atoms with van der Waals surface area (Å²) in [6.07, 6.45) is 0.